The maximum Gasteiger partial charge on any atom is 0.319 e. The van der Waals surface area contributed by atoms with E-state index in [0.717, 1.165) is 37.9 Å². The first-order valence-corrected chi connectivity index (χ1v) is 11.0. The molecule has 1 aliphatic carbocycles. The van der Waals surface area contributed by atoms with Crippen molar-refractivity contribution in [3.05, 3.63) is 65.6 Å². The topological polar surface area (TPSA) is 103 Å². The second kappa shape index (κ2) is 9.75. The van der Waals surface area contributed by atoms with Crippen molar-refractivity contribution in [3.63, 3.8) is 0 Å². The van der Waals surface area contributed by atoms with Crippen molar-refractivity contribution in [2.75, 3.05) is 5.32 Å². The summed E-state index contributed by atoms with van der Waals surface area (Å²) in [4.78, 5) is 16.6. The van der Waals surface area contributed by atoms with E-state index in [-0.39, 0.29) is 17.8 Å². The van der Waals surface area contributed by atoms with Gasteiger partial charge in [-0.05, 0) is 74.1 Å². The predicted molar refractivity (Wildman–Crippen MR) is 123 cm³/mol. The zero-order valence-corrected chi connectivity index (χ0v) is 18.2. The number of carbonyl (C=O) groups excluding carboxylic acids is 1. The second-order valence-electron chi connectivity index (χ2n) is 8.10. The Hall–Kier alpha value is -3.50. The summed E-state index contributed by atoms with van der Waals surface area (Å²) in [6.45, 7) is 0.797. The predicted octanol–water partition coefficient (Wildman–Crippen LogP) is 5.16. The number of carbonyl (C=O) groups is 1. The maximum absolute atomic E-state index is 12.3. The molecule has 0 aliphatic heterocycles. The Morgan fingerprint density at radius 1 is 1.19 bits per heavy atom. The summed E-state index contributed by atoms with van der Waals surface area (Å²) in [5, 5.41) is 25.5. The molecule has 8 heteroatoms. The standard InChI is InChI=1S/C24H24ClN5O2/c25-18-5-10-23(31)21(11-18)22-13-27-15-30(22)14-17-3-8-20(9-4-17)29-24(32)28-19-6-1-16(12-26)2-7-19/h1-2,5-7,10-11,13,15,17,20,31H,3-4,8-9,14H2,(H2,28,29,32)/t17-,20+. The van der Waals surface area contributed by atoms with E-state index in [0.29, 0.717) is 27.8 Å². The van der Waals surface area contributed by atoms with E-state index in [1.807, 2.05) is 0 Å². The van der Waals surface area contributed by atoms with Crippen molar-refractivity contribution >= 4 is 23.3 Å². The molecule has 1 heterocycles. The van der Waals surface area contributed by atoms with Crippen LogP contribution in [0.2, 0.25) is 5.02 Å². The molecule has 2 amide bonds. The zero-order chi connectivity index (χ0) is 22.5. The van der Waals surface area contributed by atoms with Gasteiger partial charge in [0.15, 0.2) is 0 Å². The molecule has 0 saturated heterocycles. The van der Waals surface area contributed by atoms with E-state index < -0.39 is 0 Å². The van der Waals surface area contributed by atoms with Crippen molar-refractivity contribution in [1.29, 1.82) is 5.26 Å². The van der Waals surface area contributed by atoms with Gasteiger partial charge in [-0.2, -0.15) is 5.26 Å². The number of benzene rings is 2. The molecule has 1 saturated carbocycles. The van der Waals surface area contributed by atoms with Gasteiger partial charge in [0, 0.05) is 28.9 Å². The minimum Gasteiger partial charge on any atom is -0.507 e. The van der Waals surface area contributed by atoms with Crippen LogP contribution in [0.3, 0.4) is 0 Å². The lowest BCUT2D eigenvalue weighted by Crippen LogP contribution is -2.40. The van der Waals surface area contributed by atoms with Crippen LogP contribution < -0.4 is 10.6 Å². The van der Waals surface area contributed by atoms with Gasteiger partial charge in [-0.15, -0.1) is 0 Å². The van der Waals surface area contributed by atoms with Gasteiger partial charge >= 0.3 is 6.03 Å². The van der Waals surface area contributed by atoms with Crippen LogP contribution in [-0.4, -0.2) is 26.7 Å². The Bertz CT molecular complexity index is 1130. The number of hydrogen-bond acceptors (Lipinski definition) is 4. The fraction of sp³-hybridized carbons (Fsp3) is 0.292. The molecule has 0 atom stereocenters. The van der Waals surface area contributed by atoms with Crippen LogP contribution in [-0.2, 0) is 6.54 Å². The number of halogens is 1. The summed E-state index contributed by atoms with van der Waals surface area (Å²) in [5.41, 5.74) is 2.73. The highest BCUT2D eigenvalue weighted by Crippen LogP contribution is 2.33. The highest BCUT2D eigenvalue weighted by molar-refractivity contribution is 6.30. The average molecular weight is 450 g/mol. The molecule has 3 aromatic rings. The van der Waals surface area contributed by atoms with Gasteiger partial charge in [-0.1, -0.05) is 11.6 Å². The SMILES string of the molecule is N#Cc1ccc(NC(=O)N[C@H]2CC[C@@H](Cn3cncc3-c3cc(Cl)ccc3O)CC2)cc1. The summed E-state index contributed by atoms with van der Waals surface area (Å²) in [5.74, 6) is 0.640. The molecule has 3 N–H and O–H groups in total. The number of phenolic OH excluding ortho intramolecular Hbond substituents is 1. The lowest BCUT2D eigenvalue weighted by molar-refractivity contribution is 0.234. The van der Waals surface area contributed by atoms with Crippen LogP contribution in [0.1, 0.15) is 31.2 Å². The summed E-state index contributed by atoms with van der Waals surface area (Å²) >= 11 is 6.11. The van der Waals surface area contributed by atoms with Crippen LogP contribution in [0, 0.1) is 17.2 Å². The lowest BCUT2D eigenvalue weighted by atomic mass is 9.86. The third kappa shape index (κ3) is 5.21. The lowest BCUT2D eigenvalue weighted by Gasteiger charge is -2.29. The number of imidazole rings is 1. The first-order chi connectivity index (χ1) is 15.5. The van der Waals surface area contributed by atoms with Crippen LogP contribution in [0.25, 0.3) is 11.3 Å². The summed E-state index contributed by atoms with van der Waals surface area (Å²) in [6, 6.07) is 13.7. The number of nitrogens with one attached hydrogen (secondary N) is 2. The molecular weight excluding hydrogens is 426 g/mol. The molecule has 1 fully saturated rings. The average Bonchev–Trinajstić information content (AvgIpc) is 3.25. The summed E-state index contributed by atoms with van der Waals surface area (Å²) in [7, 11) is 0. The first-order valence-electron chi connectivity index (χ1n) is 10.6. The fourth-order valence-corrected chi connectivity index (χ4v) is 4.32. The number of aromatic nitrogens is 2. The number of phenols is 1. The van der Waals surface area contributed by atoms with Gasteiger partial charge in [-0.25, -0.2) is 9.78 Å². The van der Waals surface area contributed by atoms with Gasteiger partial charge in [-0.3, -0.25) is 0 Å². The van der Waals surface area contributed by atoms with Gasteiger partial charge in [0.2, 0.25) is 0 Å². The number of anilines is 1. The third-order valence-electron chi connectivity index (χ3n) is 5.86. The van der Waals surface area contributed by atoms with E-state index in [9.17, 15) is 9.90 Å². The van der Waals surface area contributed by atoms with Crippen molar-refractivity contribution in [3.8, 4) is 23.1 Å². The van der Waals surface area contributed by atoms with Crippen molar-refractivity contribution in [1.82, 2.24) is 14.9 Å². The largest absolute Gasteiger partial charge is 0.507 e. The van der Waals surface area contributed by atoms with Crippen LogP contribution >= 0.6 is 11.6 Å². The van der Waals surface area contributed by atoms with Crippen molar-refractivity contribution < 1.29 is 9.90 Å². The molecule has 164 valence electrons. The monoisotopic (exact) mass is 449 g/mol. The van der Waals surface area contributed by atoms with Gasteiger partial charge in [0.1, 0.15) is 5.75 Å². The van der Waals surface area contributed by atoms with Crippen LogP contribution in [0.15, 0.2) is 55.0 Å². The van der Waals surface area contributed by atoms with E-state index >= 15 is 0 Å². The minimum absolute atomic E-state index is 0.129. The number of urea groups is 1. The first kappa shape index (κ1) is 21.7. The molecule has 0 spiro atoms. The highest BCUT2D eigenvalue weighted by atomic mass is 35.5. The van der Waals surface area contributed by atoms with Crippen molar-refractivity contribution in [2.45, 2.75) is 38.3 Å². The molecule has 7 nitrogen and oxygen atoms in total. The number of nitrogens with zero attached hydrogens (tertiary/aromatic N) is 3. The highest BCUT2D eigenvalue weighted by Gasteiger charge is 2.24. The number of amides is 2. The fourth-order valence-electron chi connectivity index (χ4n) is 4.15. The molecule has 4 rings (SSSR count). The third-order valence-corrected chi connectivity index (χ3v) is 6.09. The number of hydrogen-bond donors (Lipinski definition) is 3. The Kier molecular flexibility index (Phi) is 6.62. The number of nitriles is 1. The van der Waals surface area contributed by atoms with Crippen LogP contribution in [0.5, 0.6) is 5.75 Å². The molecule has 1 aromatic heterocycles. The zero-order valence-electron chi connectivity index (χ0n) is 17.5. The minimum atomic E-state index is -0.230. The second-order valence-corrected chi connectivity index (χ2v) is 8.53. The quantitative estimate of drug-likeness (QED) is 0.500. The number of rotatable bonds is 5. The summed E-state index contributed by atoms with van der Waals surface area (Å²) in [6.07, 6.45) is 7.30. The van der Waals surface area contributed by atoms with Gasteiger partial charge in [0.25, 0.3) is 0 Å². The smallest absolute Gasteiger partial charge is 0.319 e. The van der Waals surface area contributed by atoms with E-state index in [4.69, 9.17) is 16.9 Å². The molecule has 0 bridgehead atoms. The Morgan fingerprint density at radius 3 is 2.66 bits per heavy atom. The Morgan fingerprint density at radius 2 is 1.94 bits per heavy atom. The molecule has 0 unspecified atom stereocenters. The van der Waals surface area contributed by atoms with Crippen molar-refractivity contribution in [2.24, 2.45) is 5.92 Å². The van der Waals surface area contributed by atoms with Crippen LogP contribution in [0.4, 0.5) is 10.5 Å². The molecule has 1 aliphatic rings. The summed E-state index contributed by atoms with van der Waals surface area (Å²) < 4.78 is 2.06. The normalized spacial score (nSPS) is 18.0. The van der Waals surface area contributed by atoms with Gasteiger partial charge in [0.05, 0.1) is 29.9 Å². The maximum atomic E-state index is 12.3. The molecule has 0 radical (unpaired) electrons. The Labute approximate surface area is 191 Å². The van der Waals surface area contributed by atoms with E-state index in [2.05, 4.69) is 26.3 Å². The molecule has 2 aromatic carbocycles. The van der Waals surface area contributed by atoms with Gasteiger partial charge < -0.3 is 20.3 Å². The Balaban J connectivity index is 1.29. The molecular formula is C24H24ClN5O2. The molecule has 32 heavy (non-hydrogen) atoms. The number of aromatic hydroxyl groups is 1. The van der Waals surface area contributed by atoms with E-state index in [1.54, 1.807) is 55.0 Å². The van der Waals surface area contributed by atoms with E-state index in [1.165, 1.54) is 0 Å².